The van der Waals surface area contributed by atoms with Crippen LogP contribution in [0.25, 0.3) is 0 Å². The lowest BCUT2D eigenvalue weighted by Crippen LogP contribution is -2.48. The molecule has 0 aromatic carbocycles. The lowest BCUT2D eigenvalue weighted by Gasteiger charge is -2.36. The van der Waals surface area contributed by atoms with Gasteiger partial charge in [0.1, 0.15) is 0 Å². The van der Waals surface area contributed by atoms with Crippen molar-refractivity contribution in [3.8, 4) is 0 Å². The van der Waals surface area contributed by atoms with Crippen molar-refractivity contribution in [3.63, 3.8) is 0 Å². The van der Waals surface area contributed by atoms with Crippen molar-refractivity contribution in [2.24, 2.45) is 0 Å². The molecule has 1 heterocycles. The van der Waals surface area contributed by atoms with E-state index in [0.717, 1.165) is 12.8 Å². The maximum atomic E-state index is 11.4. The Morgan fingerprint density at radius 2 is 1.83 bits per heavy atom. The zero-order valence-electron chi connectivity index (χ0n) is 7.84. The quantitative estimate of drug-likeness (QED) is 0.530. The molecule has 1 saturated carbocycles. The van der Waals surface area contributed by atoms with Crippen LogP contribution in [0.2, 0.25) is 0 Å². The minimum absolute atomic E-state index is 0.0943. The van der Waals surface area contributed by atoms with Crippen molar-refractivity contribution in [3.05, 3.63) is 0 Å². The van der Waals surface area contributed by atoms with Gasteiger partial charge >= 0.3 is 0 Å². The van der Waals surface area contributed by atoms with Crippen LogP contribution in [0.5, 0.6) is 0 Å². The van der Waals surface area contributed by atoms with E-state index in [0.29, 0.717) is 6.54 Å². The van der Waals surface area contributed by atoms with Gasteiger partial charge < -0.3 is 4.90 Å². The van der Waals surface area contributed by atoms with Gasteiger partial charge in [-0.25, -0.2) is 0 Å². The number of hydrogen-bond acceptors (Lipinski definition) is 2. The van der Waals surface area contributed by atoms with E-state index in [1.165, 1.54) is 12.8 Å². The van der Waals surface area contributed by atoms with Gasteiger partial charge in [-0.15, -0.1) is 0 Å². The van der Waals surface area contributed by atoms with Crippen molar-refractivity contribution < 1.29 is 4.79 Å². The van der Waals surface area contributed by atoms with Crippen molar-refractivity contribution in [2.45, 2.75) is 31.3 Å². The molecular weight excluding hydrogens is 152 g/mol. The average Bonchev–Trinajstić information content (AvgIpc) is 2.57. The number of carbonyl (C=O) groups is 1. The number of carbonyl (C=O) groups excluding carboxylic acids is 1. The molecule has 2 fully saturated rings. The van der Waals surface area contributed by atoms with E-state index in [1.54, 1.807) is 0 Å². The number of rotatable bonds is 0. The second kappa shape index (κ2) is 2.46. The van der Waals surface area contributed by atoms with E-state index in [1.807, 2.05) is 11.9 Å². The van der Waals surface area contributed by atoms with Crippen LogP contribution < -0.4 is 0 Å². The van der Waals surface area contributed by atoms with Crippen molar-refractivity contribution in [2.75, 3.05) is 20.6 Å². The van der Waals surface area contributed by atoms with Crippen LogP contribution >= 0.6 is 0 Å². The maximum Gasteiger partial charge on any atom is 0.238 e. The molecule has 0 atom stereocenters. The summed E-state index contributed by atoms with van der Waals surface area (Å²) in [4.78, 5) is 15.6. The van der Waals surface area contributed by atoms with Gasteiger partial charge in [0.15, 0.2) is 0 Å². The molecule has 0 aromatic heterocycles. The molecule has 0 radical (unpaired) electrons. The molecule has 2 rings (SSSR count). The van der Waals surface area contributed by atoms with Crippen molar-refractivity contribution >= 4 is 5.91 Å². The zero-order chi connectivity index (χ0) is 8.77. The van der Waals surface area contributed by atoms with E-state index in [9.17, 15) is 4.79 Å². The molecule has 68 valence electrons. The minimum Gasteiger partial charge on any atom is -0.326 e. The van der Waals surface area contributed by atoms with Crippen LogP contribution in [0, 0.1) is 0 Å². The highest BCUT2D eigenvalue weighted by atomic mass is 16.2. The smallest absolute Gasteiger partial charge is 0.238 e. The Balaban J connectivity index is 2.27. The molecule has 1 aliphatic heterocycles. The Bertz CT molecular complexity index is 209. The molecule has 1 aliphatic carbocycles. The van der Waals surface area contributed by atoms with Gasteiger partial charge in [0, 0.05) is 7.05 Å². The van der Waals surface area contributed by atoms with Gasteiger partial charge in [-0.3, -0.25) is 9.69 Å². The summed E-state index contributed by atoms with van der Waals surface area (Å²) in [7, 11) is 4.00. The van der Waals surface area contributed by atoms with Crippen LogP contribution in [-0.2, 0) is 4.79 Å². The third-order valence-corrected chi connectivity index (χ3v) is 3.49. The third-order valence-electron chi connectivity index (χ3n) is 3.49. The van der Waals surface area contributed by atoms with Crippen LogP contribution in [0.1, 0.15) is 25.7 Å². The van der Waals surface area contributed by atoms with Crippen LogP contribution in [-0.4, -0.2) is 42.0 Å². The first-order valence-electron chi connectivity index (χ1n) is 4.65. The number of nitrogens with zero attached hydrogens (tertiary/aromatic N) is 2. The van der Waals surface area contributed by atoms with Gasteiger partial charge in [0.2, 0.25) is 5.91 Å². The predicted molar refractivity (Wildman–Crippen MR) is 46.6 cm³/mol. The Morgan fingerprint density at radius 1 is 1.25 bits per heavy atom. The normalized spacial score (nSPS) is 29.2. The van der Waals surface area contributed by atoms with Gasteiger partial charge in [-0.05, 0) is 32.7 Å². The highest BCUT2D eigenvalue weighted by molar-refractivity contribution is 5.81. The number of hydrogen-bond donors (Lipinski definition) is 0. The average molecular weight is 168 g/mol. The monoisotopic (exact) mass is 168 g/mol. The highest BCUT2D eigenvalue weighted by Crippen LogP contribution is 2.39. The molecule has 12 heavy (non-hydrogen) atoms. The number of likely N-dealkylation sites (N-methyl/N-ethyl adjacent to an activating group) is 2. The maximum absolute atomic E-state index is 11.4. The molecule has 3 heteroatoms. The molecule has 3 nitrogen and oxygen atoms in total. The lowest BCUT2D eigenvalue weighted by atomic mass is 10.1. The summed E-state index contributed by atoms with van der Waals surface area (Å²) in [6.45, 7) is 0.608. The largest absolute Gasteiger partial charge is 0.326 e. The minimum atomic E-state index is 0.0943. The summed E-state index contributed by atoms with van der Waals surface area (Å²) in [5.41, 5.74) is 0.0943. The summed E-state index contributed by atoms with van der Waals surface area (Å²) < 4.78 is 0. The van der Waals surface area contributed by atoms with Gasteiger partial charge in [-0.2, -0.15) is 0 Å². The first-order valence-corrected chi connectivity index (χ1v) is 4.65. The van der Waals surface area contributed by atoms with E-state index < -0.39 is 0 Å². The Hall–Kier alpha value is -0.570. The van der Waals surface area contributed by atoms with Gasteiger partial charge in [0.25, 0.3) is 0 Å². The summed E-state index contributed by atoms with van der Waals surface area (Å²) in [6, 6.07) is 0. The van der Waals surface area contributed by atoms with Crippen molar-refractivity contribution in [1.82, 2.24) is 9.80 Å². The Labute approximate surface area is 73.3 Å². The lowest BCUT2D eigenvalue weighted by molar-refractivity contribution is -0.128. The van der Waals surface area contributed by atoms with E-state index >= 15 is 0 Å². The molecule has 0 aromatic rings. The fourth-order valence-corrected chi connectivity index (χ4v) is 2.60. The molecule has 1 amide bonds. The van der Waals surface area contributed by atoms with E-state index in [2.05, 4.69) is 11.9 Å². The third kappa shape index (κ3) is 0.829. The summed E-state index contributed by atoms with van der Waals surface area (Å²) >= 11 is 0. The van der Waals surface area contributed by atoms with Crippen LogP contribution in [0.3, 0.4) is 0 Å². The van der Waals surface area contributed by atoms with E-state index in [-0.39, 0.29) is 11.6 Å². The molecule has 1 spiro atoms. The molecule has 0 bridgehead atoms. The predicted octanol–water partition coefficient (Wildman–Crippen LogP) is 0.660. The molecule has 2 aliphatic rings. The van der Waals surface area contributed by atoms with Gasteiger partial charge in [-0.1, -0.05) is 0 Å². The second-order valence-corrected chi connectivity index (χ2v) is 4.00. The first-order chi connectivity index (χ1) is 5.67. The molecular formula is C9H16N2O. The highest BCUT2D eigenvalue weighted by Gasteiger charge is 2.48. The zero-order valence-corrected chi connectivity index (χ0v) is 7.84. The molecule has 1 saturated heterocycles. The van der Waals surface area contributed by atoms with Crippen LogP contribution in [0.4, 0.5) is 0 Å². The second-order valence-electron chi connectivity index (χ2n) is 4.00. The van der Waals surface area contributed by atoms with Crippen LogP contribution in [0.15, 0.2) is 0 Å². The number of amides is 1. The topological polar surface area (TPSA) is 23.6 Å². The summed E-state index contributed by atoms with van der Waals surface area (Å²) in [6.07, 6.45) is 4.85. The summed E-state index contributed by atoms with van der Waals surface area (Å²) in [5, 5.41) is 0. The first kappa shape index (κ1) is 8.05. The van der Waals surface area contributed by atoms with E-state index in [4.69, 9.17) is 0 Å². The summed E-state index contributed by atoms with van der Waals surface area (Å²) in [5.74, 6) is 0.277. The SMILES string of the molecule is CN1CC(=O)N(C)C12CCCC2. The Kier molecular flexibility index (Phi) is 1.65. The van der Waals surface area contributed by atoms with Gasteiger partial charge in [0.05, 0.1) is 12.2 Å². The molecule has 0 N–H and O–H groups in total. The molecule has 0 unspecified atom stereocenters. The fourth-order valence-electron chi connectivity index (χ4n) is 2.60. The fraction of sp³-hybridized carbons (Fsp3) is 0.889. The van der Waals surface area contributed by atoms with Crippen molar-refractivity contribution in [1.29, 1.82) is 0 Å². The Morgan fingerprint density at radius 3 is 2.25 bits per heavy atom. The standard InChI is InChI=1S/C9H16N2O/c1-10-7-8(12)11(2)9(10)5-3-4-6-9/h3-7H2,1-2H3.